The number of ether oxygens (including phenoxy) is 3. The molecule has 8 aromatic heterocycles. The Hall–Kier alpha value is -11.2. The number of terminal acetylenes is 1. The number of hydrogen-bond acceptors (Lipinski definition) is 13. The van der Waals surface area contributed by atoms with Gasteiger partial charge in [-0.15, -0.1) is 6.42 Å². The molecule has 12 rings (SSSR count). The molecule has 0 aliphatic heterocycles. The van der Waals surface area contributed by atoms with E-state index in [9.17, 15) is 17.2 Å². The fraction of sp³-hybridized carbons (Fsp3) is 0.0704. The molecule has 87 heavy (non-hydrogen) atoms. The topological polar surface area (TPSA) is 165 Å². The van der Waals surface area contributed by atoms with E-state index >= 15 is 0 Å². The van der Waals surface area contributed by atoms with Gasteiger partial charge in [-0.05, 0) is 121 Å². The van der Waals surface area contributed by atoms with Crippen molar-refractivity contribution in [2.75, 3.05) is 6.26 Å². The van der Waals surface area contributed by atoms with Gasteiger partial charge in [0.05, 0.1) is 4.90 Å². The Morgan fingerprint density at radius 1 is 0.414 bits per heavy atom. The second-order valence-electron chi connectivity index (χ2n) is 19.5. The van der Waals surface area contributed by atoms with E-state index in [2.05, 4.69) is 45.8 Å². The zero-order valence-electron chi connectivity index (χ0n) is 47.0. The van der Waals surface area contributed by atoms with E-state index in [0.29, 0.717) is 34.1 Å². The van der Waals surface area contributed by atoms with Crippen LogP contribution in [0.3, 0.4) is 0 Å². The second kappa shape index (κ2) is 28.4. The summed E-state index contributed by atoms with van der Waals surface area (Å²) in [6.45, 7) is 1.70. The Kier molecular flexibility index (Phi) is 19.3. The van der Waals surface area contributed by atoms with Crippen molar-refractivity contribution in [1.82, 2.24) is 39.9 Å². The molecule has 4 aromatic carbocycles. The molecule has 0 radical (unpaired) electrons. The predicted molar refractivity (Wildman–Crippen MR) is 330 cm³/mol. The molecule has 13 nitrogen and oxygen atoms in total. The van der Waals surface area contributed by atoms with Crippen LogP contribution >= 0.6 is 0 Å². The minimum atomic E-state index is -3.25. The van der Waals surface area contributed by atoms with Crippen LogP contribution in [0.1, 0.15) is 62.8 Å². The molecule has 0 fully saturated rings. The summed E-state index contributed by atoms with van der Waals surface area (Å²) in [6.07, 6.45) is 29.7. The first kappa shape index (κ1) is 59.0. The van der Waals surface area contributed by atoms with E-state index in [0.717, 1.165) is 73.5 Å². The Bertz CT molecular complexity index is 4230. The zero-order valence-corrected chi connectivity index (χ0v) is 47.8. The summed E-state index contributed by atoms with van der Waals surface area (Å²) < 4.78 is 70.3. The van der Waals surface area contributed by atoms with E-state index in [1.807, 2.05) is 133 Å². The fourth-order valence-corrected chi connectivity index (χ4v) is 9.92. The smallest absolute Gasteiger partial charge is 0.175 e. The maximum absolute atomic E-state index is 13.9. The first-order chi connectivity index (χ1) is 42.5. The molecule has 8 heterocycles. The first-order valence-corrected chi connectivity index (χ1v) is 29.1. The lowest BCUT2D eigenvalue weighted by atomic mass is 10.0. The van der Waals surface area contributed by atoms with Gasteiger partial charge in [-0.3, -0.25) is 39.9 Å². The molecule has 0 spiro atoms. The van der Waals surface area contributed by atoms with Gasteiger partial charge in [0, 0.05) is 149 Å². The van der Waals surface area contributed by atoms with Crippen molar-refractivity contribution in [3.63, 3.8) is 0 Å². The molecule has 0 bridgehead atoms. The number of benzene rings is 4. The SMILES string of the molecule is C#Cc1cccc(-c2ncccc2OC(c2cccnc2)c2cccnc2)c1.CS(=O)(=O)c1ccc(-c2ccccc2OC(c2cccnc2)c2cccnc2)cc1.Cc1cc(F)c(F)cc1-c1ncccc1OC(c1cccnc1)c1cccnc1. The predicted octanol–water partition coefficient (Wildman–Crippen LogP) is 14.7. The van der Waals surface area contributed by atoms with Crippen LogP contribution in [-0.4, -0.2) is 54.5 Å². The highest BCUT2D eigenvalue weighted by Crippen LogP contribution is 2.39. The molecule has 16 heteroatoms. The molecule has 12 aromatic rings. The average molecular weight is 1170 g/mol. The number of para-hydroxylation sites is 1. The highest BCUT2D eigenvalue weighted by atomic mass is 32.2. The Morgan fingerprint density at radius 2 is 0.816 bits per heavy atom. The van der Waals surface area contributed by atoms with E-state index in [1.165, 1.54) is 6.26 Å². The van der Waals surface area contributed by atoms with Gasteiger partial charge in [0.2, 0.25) is 0 Å². The van der Waals surface area contributed by atoms with Crippen molar-refractivity contribution < 1.29 is 31.4 Å². The standard InChI is InChI=1S/C24H17N3O.C24H20N2O3S.C23H17F2N3O/c1-2-18-7-3-8-19(15-18)23-22(11-6-14-27-23)28-24(20-9-4-12-25-16-20)21-10-5-13-26-17-21;1-30(27,28)21-12-10-18(11-13-21)22-8-2-3-9-23(22)29-24(19-6-4-14-25-16-19)20-7-5-15-26-17-20;1-15-11-19(24)20(25)12-18(15)22-21(7-4-10-28-22)29-23(16-5-2-8-26-13-16)17-6-3-9-27-14-17/h1,3-17,24H;2-17,24H,1H3;2-14,23H,1H3. The van der Waals surface area contributed by atoms with Crippen molar-refractivity contribution in [3.05, 3.63) is 325 Å². The average Bonchev–Trinajstić information content (AvgIpc) is 3.59. The molecular formula is C71H54F2N8O5S. The van der Waals surface area contributed by atoms with Crippen LogP contribution in [0.4, 0.5) is 8.78 Å². The van der Waals surface area contributed by atoms with Gasteiger partial charge < -0.3 is 14.2 Å². The number of hydrogen-bond donors (Lipinski definition) is 0. The van der Waals surface area contributed by atoms with Crippen molar-refractivity contribution in [2.24, 2.45) is 0 Å². The largest absolute Gasteiger partial charge is 0.480 e. The van der Waals surface area contributed by atoms with Crippen molar-refractivity contribution >= 4 is 9.84 Å². The zero-order chi connectivity index (χ0) is 60.4. The number of rotatable bonds is 16. The van der Waals surface area contributed by atoms with Crippen molar-refractivity contribution in [1.29, 1.82) is 0 Å². The maximum Gasteiger partial charge on any atom is 0.175 e. The lowest BCUT2D eigenvalue weighted by Crippen LogP contribution is -2.11. The molecule has 0 saturated heterocycles. The Balaban J connectivity index is 0.000000145. The summed E-state index contributed by atoms with van der Waals surface area (Å²) in [5, 5.41) is 0. The van der Waals surface area contributed by atoms with Crippen molar-refractivity contribution in [2.45, 2.75) is 30.1 Å². The van der Waals surface area contributed by atoms with Crippen LogP contribution in [0.2, 0.25) is 0 Å². The van der Waals surface area contributed by atoms with Crippen LogP contribution in [0.5, 0.6) is 17.2 Å². The molecule has 0 atom stereocenters. The monoisotopic (exact) mass is 1170 g/mol. The summed E-state index contributed by atoms with van der Waals surface area (Å²) >= 11 is 0. The molecule has 0 amide bonds. The number of aryl methyl sites for hydroxylation is 1. The fourth-order valence-electron chi connectivity index (χ4n) is 9.29. The normalized spacial score (nSPS) is 10.9. The summed E-state index contributed by atoms with van der Waals surface area (Å²) in [7, 11) is -3.25. The molecular weight excluding hydrogens is 1110 g/mol. The third-order valence-corrected chi connectivity index (χ3v) is 14.6. The molecule has 0 aliphatic rings. The van der Waals surface area contributed by atoms with Gasteiger partial charge in [-0.2, -0.15) is 0 Å². The van der Waals surface area contributed by atoms with Crippen LogP contribution in [0.25, 0.3) is 33.6 Å². The van der Waals surface area contributed by atoms with Gasteiger partial charge in [0.15, 0.2) is 39.8 Å². The van der Waals surface area contributed by atoms with E-state index in [4.69, 9.17) is 20.6 Å². The van der Waals surface area contributed by atoms with Crippen LogP contribution < -0.4 is 14.2 Å². The van der Waals surface area contributed by atoms with Gasteiger partial charge in [-0.1, -0.05) is 84.8 Å². The number of pyridine rings is 8. The first-order valence-electron chi connectivity index (χ1n) is 27.2. The third kappa shape index (κ3) is 15.2. The van der Waals surface area contributed by atoms with Gasteiger partial charge >= 0.3 is 0 Å². The molecule has 0 N–H and O–H groups in total. The highest BCUT2D eigenvalue weighted by molar-refractivity contribution is 7.90. The Morgan fingerprint density at radius 3 is 1.25 bits per heavy atom. The molecule has 0 aliphatic carbocycles. The Labute approximate surface area is 503 Å². The highest BCUT2D eigenvalue weighted by Gasteiger charge is 2.23. The lowest BCUT2D eigenvalue weighted by molar-refractivity contribution is 0.246. The van der Waals surface area contributed by atoms with Crippen LogP contribution in [-0.2, 0) is 9.84 Å². The summed E-state index contributed by atoms with van der Waals surface area (Å²) in [4.78, 5) is 34.5. The van der Waals surface area contributed by atoms with Crippen LogP contribution in [0, 0.1) is 30.9 Å². The van der Waals surface area contributed by atoms with Crippen LogP contribution in [0.15, 0.2) is 274 Å². The lowest BCUT2D eigenvalue weighted by Gasteiger charge is -2.21. The van der Waals surface area contributed by atoms with Gasteiger partial charge in [0.25, 0.3) is 0 Å². The molecule has 428 valence electrons. The minimum Gasteiger partial charge on any atom is -0.480 e. The number of aromatic nitrogens is 8. The summed E-state index contributed by atoms with van der Waals surface area (Å²) in [5.74, 6) is 2.62. The second-order valence-corrected chi connectivity index (χ2v) is 21.5. The van der Waals surface area contributed by atoms with E-state index in [1.54, 1.807) is 130 Å². The number of halogens is 2. The quantitative estimate of drug-likeness (QED) is 0.0840. The van der Waals surface area contributed by atoms with E-state index < -0.39 is 27.6 Å². The maximum atomic E-state index is 13.9. The summed E-state index contributed by atoms with van der Waals surface area (Å²) in [5.41, 5.74) is 11.0. The summed E-state index contributed by atoms with van der Waals surface area (Å²) in [6, 6.07) is 54.7. The van der Waals surface area contributed by atoms with E-state index in [-0.39, 0.29) is 17.1 Å². The van der Waals surface area contributed by atoms with Gasteiger partial charge in [-0.25, -0.2) is 17.2 Å². The number of nitrogens with zero attached hydrogens (tertiary/aromatic N) is 8. The number of sulfone groups is 1. The molecule has 0 saturated carbocycles. The molecule has 0 unspecified atom stereocenters. The minimum absolute atomic E-state index is 0.285. The third-order valence-electron chi connectivity index (χ3n) is 13.5. The van der Waals surface area contributed by atoms with Gasteiger partial charge in [0.1, 0.15) is 28.6 Å². The van der Waals surface area contributed by atoms with Crippen molar-refractivity contribution in [3.8, 4) is 63.2 Å².